The van der Waals surface area contributed by atoms with Crippen LogP contribution < -0.4 is 19.9 Å². The zero-order chi connectivity index (χ0) is 28.2. The second kappa shape index (κ2) is 11.1. The van der Waals surface area contributed by atoms with Gasteiger partial charge in [0.2, 0.25) is 5.75 Å². The Hall–Kier alpha value is -5.14. The molecule has 198 valence electrons. The summed E-state index contributed by atoms with van der Waals surface area (Å²) >= 11 is 0. The molecule has 2 aliphatic rings. The third-order valence-corrected chi connectivity index (χ3v) is 7.20. The Labute approximate surface area is 226 Å². The standard InChI is InChI=1S/C29H27N5O5/c1-36-23-10-9-20(25(37-2)26(23)38-3)24-22-14-34(28(35)39-15-18-7-5-4-6-8-18)12-11-19(22)21(13-30)27(33)29(24,16-31)17-32/h4-11,22,24H,12,14-15,33H2,1-3H3. The number of fused-ring (bicyclic) bond motifs is 1. The maximum atomic E-state index is 13.1. The normalized spacial score (nSPS) is 19.4. The number of hydrogen-bond donors (Lipinski definition) is 1. The summed E-state index contributed by atoms with van der Waals surface area (Å²) in [7, 11) is 4.37. The molecule has 0 aromatic heterocycles. The van der Waals surface area contributed by atoms with Gasteiger partial charge in [-0.05, 0) is 17.2 Å². The number of nitrogens with two attached hydrogens (primary N) is 1. The fourth-order valence-electron chi connectivity index (χ4n) is 5.35. The van der Waals surface area contributed by atoms with Crippen LogP contribution in [-0.2, 0) is 11.3 Å². The molecule has 2 N–H and O–H groups in total. The van der Waals surface area contributed by atoms with Gasteiger partial charge < -0.3 is 29.6 Å². The highest BCUT2D eigenvalue weighted by molar-refractivity contribution is 5.70. The summed E-state index contributed by atoms with van der Waals surface area (Å²) < 4.78 is 22.2. The quantitative estimate of drug-likeness (QED) is 0.593. The maximum absolute atomic E-state index is 13.1. The zero-order valence-corrected chi connectivity index (χ0v) is 21.8. The van der Waals surface area contributed by atoms with Crippen molar-refractivity contribution in [1.82, 2.24) is 4.90 Å². The first-order chi connectivity index (χ1) is 18.9. The summed E-state index contributed by atoms with van der Waals surface area (Å²) in [6.45, 7) is 0.325. The lowest BCUT2D eigenvalue weighted by Crippen LogP contribution is -2.49. The molecule has 0 fully saturated rings. The highest BCUT2D eigenvalue weighted by atomic mass is 16.6. The number of rotatable bonds is 6. The predicted molar refractivity (Wildman–Crippen MR) is 139 cm³/mol. The molecule has 1 aliphatic carbocycles. The van der Waals surface area contributed by atoms with Crippen molar-refractivity contribution in [1.29, 1.82) is 15.8 Å². The van der Waals surface area contributed by atoms with E-state index in [1.54, 1.807) is 18.2 Å². The van der Waals surface area contributed by atoms with E-state index in [2.05, 4.69) is 18.2 Å². The number of allylic oxidation sites excluding steroid dienone is 2. The fraction of sp³-hybridized carbons (Fsp3) is 0.310. The minimum atomic E-state index is -1.93. The molecule has 1 heterocycles. The van der Waals surface area contributed by atoms with Crippen molar-refractivity contribution in [3.8, 4) is 35.5 Å². The molecule has 0 saturated carbocycles. The third-order valence-electron chi connectivity index (χ3n) is 7.20. The molecule has 2 atom stereocenters. The molecular weight excluding hydrogens is 498 g/mol. The molecule has 0 bridgehead atoms. The number of nitriles is 3. The van der Waals surface area contributed by atoms with Crippen LogP contribution >= 0.6 is 0 Å². The number of nitrogens with zero attached hydrogens (tertiary/aromatic N) is 4. The highest BCUT2D eigenvalue weighted by Crippen LogP contribution is 2.57. The van der Waals surface area contributed by atoms with Crippen molar-refractivity contribution in [2.45, 2.75) is 12.5 Å². The van der Waals surface area contributed by atoms with Crippen molar-refractivity contribution < 1.29 is 23.7 Å². The van der Waals surface area contributed by atoms with E-state index in [1.807, 2.05) is 30.3 Å². The van der Waals surface area contributed by atoms with Crippen molar-refractivity contribution in [3.63, 3.8) is 0 Å². The molecule has 39 heavy (non-hydrogen) atoms. The van der Waals surface area contributed by atoms with E-state index >= 15 is 0 Å². The number of ether oxygens (including phenoxy) is 4. The largest absolute Gasteiger partial charge is 0.493 e. The Balaban J connectivity index is 1.84. The number of carbonyl (C=O) groups is 1. The molecule has 10 heteroatoms. The maximum Gasteiger partial charge on any atom is 0.410 e. The van der Waals surface area contributed by atoms with Crippen molar-refractivity contribution in [2.75, 3.05) is 34.4 Å². The lowest BCUT2D eigenvalue weighted by molar-refractivity contribution is 0.0897. The van der Waals surface area contributed by atoms with Crippen molar-refractivity contribution >= 4 is 6.09 Å². The van der Waals surface area contributed by atoms with Crippen LogP contribution in [0.4, 0.5) is 4.79 Å². The molecule has 10 nitrogen and oxygen atoms in total. The van der Waals surface area contributed by atoms with Gasteiger partial charge in [-0.2, -0.15) is 15.8 Å². The SMILES string of the molecule is COc1ccc(C2C3CN(C(=O)OCc4ccccc4)CC=C3C(C#N)=C(N)C2(C#N)C#N)c(OC)c1OC. The first kappa shape index (κ1) is 26.9. The zero-order valence-electron chi connectivity index (χ0n) is 21.8. The Bertz CT molecular complexity index is 1450. The number of hydrogen-bond acceptors (Lipinski definition) is 9. The third kappa shape index (κ3) is 4.45. The van der Waals surface area contributed by atoms with E-state index in [9.17, 15) is 20.6 Å². The van der Waals surface area contributed by atoms with E-state index < -0.39 is 23.3 Å². The van der Waals surface area contributed by atoms with Gasteiger partial charge in [0, 0.05) is 30.5 Å². The van der Waals surface area contributed by atoms with E-state index in [0.717, 1.165) is 5.56 Å². The molecule has 2 aromatic carbocycles. The topological polar surface area (TPSA) is 155 Å². The smallest absolute Gasteiger partial charge is 0.410 e. The molecule has 0 saturated heterocycles. The second-order valence-electron chi connectivity index (χ2n) is 9.04. The summed E-state index contributed by atoms with van der Waals surface area (Å²) in [5.74, 6) is -0.656. The number of carbonyl (C=O) groups excluding carboxylic acids is 1. The van der Waals surface area contributed by atoms with Crippen LogP contribution in [0.25, 0.3) is 0 Å². The van der Waals surface area contributed by atoms with Gasteiger partial charge in [-0.1, -0.05) is 42.5 Å². The van der Waals surface area contributed by atoms with Gasteiger partial charge in [0.1, 0.15) is 12.7 Å². The summed E-state index contributed by atoms with van der Waals surface area (Å²) in [5.41, 5.74) is 6.26. The molecule has 0 spiro atoms. The van der Waals surface area contributed by atoms with E-state index in [4.69, 9.17) is 24.7 Å². The fourth-order valence-corrected chi connectivity index (χ4v) is 5.35. The molecule has 1 amide bonds. The number of benzene rings is 2. The van der Waals surface area contributed by atoms with E-state index in [-0.39, 0.29) is 42.5 Å². The van der Waals surface area contributed by atoms with Crippen molar-refractivity contribution in [3.05, 3.63) is 76.5 Å². The van der Waals surface area contributed by atoms with Gasteiger partial charge in [0.05, 0.1) is 44.7 Å². The molecular formula is C29H27N5O5. The lowest BCUT2D eigenvalue weighted by atomic mass is 9.58. The Morgan fingerprint density at radius 2 is 1.72 bits per heavy atom. The van der Waals surface area contributed by atoms with Crippen LogP contribution in [-0.4, -0.2) is 45.4 Å². The van der Waals surface area contributed by atoms with E-state index in [1.165, 1.54) is 26.2 Å². The van der Waals surface area contributed by atoms with Gasteiger partial charge in [-0.15, -0.1) is 0 Å². The predicted octanol–water partition coefficient (Wildman–Crippen LogP) is 3.77. The van der Waals surface area contributed by atoms with Gasteiger partial charge in [-0.3, -0.25) is 0 Å². The average Bonchev–Trinajstić information content (AvgIpc) is 2.98. The summed E-state index contributed by atoms with van der Waals surface area (Å²) in [4.78, 5) is 14.6. The van der Waals surface area contributed by atoms with E-state index in [0.29, 0.717) is 16.9 Å². The van der Waals surface area contributed by atoms with Crippen LogP contribution in [0.15, 0.2) is 65.4 Å². The van der Waals surface area contributed by atoms with Gasteiger partial charge in [-0.25, -0.2) is 4.79 Å². The van der Waals surface area contributed by atoms with Gasteiger partial charge in [0.15, 0.2) is 16.9 Å². The van der Waals surface area contributed by atoms with Gasteiger partial charge >= 0.3 is 6.09 Å². The van der Waals surface area contributed by atoms with Crippen LogP contribution in [0.5, 0.6) is 17.2 Å². The minimum absolute atomic E-state index is 0.0658. The Morgan fingerprint density at radius 1 is 1.03 bits per heavy atom. The highest BCUT2D eigenvalue weighted by Gasteiger charge is 2.56. The lowest BCUT2D eigenvalue weighted by Gasteiger charge is -2.45. The Morgan fingerprint density at radius 3 is 2.31 bits per heavy atom. The minimum Gasteiger partial charge on any atom is -0.493 e. The number of amides is 1. The van der Waals surface area contributed by atoms with Crippen molar-refractivity contribution in [2.24, 2.45) is 17.1 Å². The second-order valence-corrected chi connectivity index (χ2v) is 9.04. The Kier molecular flexibility index (Phi) is 7.65. The molecule has 2 aromatic rings. The molecule has 2 unspecified atom stereocenters. The monoisotopic (exact) mass is 525 g/mol. The van der Waals surface area contributed by atoms with Crippen LogP contribution in [0.3, 0.4) is 0 Å². The number of methoxy groups -OCH3 is 3. The first-order valence-corrected chi connectivity index (χ1v) is 12.1. The molecule has 0 radical (unpaired) electrons. The summed E-state index contributed by atoms with van der Waals surface area (Å²) in [5, 5.41) is 30.8. The summed E-state index contributed by atoms with van der Waals surface area (Å²) in [6.07, 6.45) is 1.16. The van der Waals surface area contributed by atoms with Crippen LogP contribution in [0, 0.1) is 45.3 Å². The van der Waals surface area contributed by atoms with Gasteiger partial charge in [0.25, 0.3) is 0 Å². The summed E-state index contributed by atoms with van der Waals surface area (Å²) in [6, 6.07) is 18.9. The first-order valence-electron chi connectivity index (χ1n) is 12.1. The molecule has 4 rings (SSSR count). The average molecular weight is 526 g/mol. The van der Waals surface area contributed by atoms with Crippen LogP contribution in [0.1, 0.15) is 17.0 Å². The molecule has 1 aliphatic heterocycles. The van der Waals surface area contributed by atoms with Crippen LogP contribution in [0.2, 0.25) is 0 Å².